The minimum atomic E-state index is -4.43. The molecule has 3 nitrogen and oxygen atoms in total. The van der Waals surface area contributed by atoms with Crippen LogP contribution >= 0.6 is 35.0 Å². The Morgan fingerprint density at radius 1 is 1.14 bits per heavy atom. The van der Waals surface area contributed by atoms with Gasteiger partial charge in [0.05, 0.1) is 21.3 Å². The highest BCUT2D eigenvalue weighted by Gasteiger charge is 2.45. The van der Waals surface area contributed by atoms with E-state index in [0.717, 1.165) is 12.1 Å². The van der Waals surface area contributed by atoms with Gasteiger partial charge in [-0.3, -0.25) is 4.79 Å². The molecule has 1 heterocycles. The van der Waals surface area contributed by atoms with Crippen molar-refractivity contribution in [1.29, 1.82) is 0 Å². The molecule has 1 fully saturated rings. The van der Waals surface area contributed by atoms with Crippen LogP contribution in [0, 0.1) is 0 Å². The van der Waals surface area contributed by atoms with E-state index in [0.29, 0.717) is 32.9 Å². The highest BCUT2D eigenvalue weighted by Crippen LogP contribution is 2.40. The Labute approximate surface area is 174 Å². The van der Waals surface area contributed by atoms with Crippen molar-refractivity contribution >= 4 is 51.7 Å². The minimum Gasteiger partial charge on any atom is -0.304 e. The molecule has 3 rings (SSSR count). The lowest BCUT2D eigenvalue weighted by Gasteiger charge is -2.23. The number of benzene rings is 2. The van der Waals surface area contributed by atoms with E-state index in [1.54, 1.807) is 24.3 Å². The Kier molecular flexibility index (Phi) is 5.98. The number of rotatable bonds is 4. The maximum Gasteiger partial charge on any atom is 0.416 e. The zero-order valence-electron chi connectivity index (χ0n) is 14.6. The molecular formula is C19H15Cl2F3N2OS. The highest BCUT2D eigenvalue weighted by molar-refractivity contribution is 8.16. The van der Waals surface area contributed by atoms with Gasteiger partial charge in [-0.25, -0.2) is 4.99 Å². The van der Waals surface area contributed by atoms with Crippen molar-refractivity contribution in [2.24, 2.45) is 4.99 Å². The third-order valence-electron chi connectivity index (χ3n) is 4.38. The van der Waals surface area contributed by atoms with Crippen molar-refractivity contribution < 1.29 is 18.0 Å². The molecule has 1 aliphatic heterocycles. The van der Waals surface area contributed by atoms with Gasteiger partial charge in [0, 0.05) is 0 Å². The van der Waals surface area contributed by atoms with Gasteiger partial charge < -0.3 is 5.32 Å². The van der Waals surface area contributed by atoms with E-state index in [2.05, 4.69) is 10.3 Å². The minimum absolute atomic E-state index is 0.157. The second-order valence-electron chi connectivity index (χ2n) is 6.29. The average molecular weight is 447 g/mol. The van der Waals surface area contributed by atoms with Crippen molar-refractivity contribution in [2.75, 3.05) is 0 Å². The van der Waals surface area contributed by atoms with Crippen molar-refractivity contribution in [3.8, 4) is 0 Å². The van der Waals surface area contributed by atoms with E-state index in [1.807, 2.05) is 6.92 Å². The summed E-state index contributed by atoms with van der Waals surface area (Å²) in [7, 11) is 0. The summed E-state index contributed by atoms with van der Waals surface area (Å²) < 4.78 is 38.0. The molecule has 0 radical (unpaired) electrons. The number of thioether (sulfide) groups is 1. The number of halogens is 5. The largest absolute Gasteiger partial charge is 0.416 e. The third kappa shape index (κ3) is 4.47. The molecule has 1 aliphatic rings. The van der Waals surface area contributed by atoms with Gasteiger partial charge in [0.2, 0.25) is 5.91 Å². The molecule has 0 aromatic heterocycles. The third-order valence-corrected chi connectivity index (χ3v) is 6.51. The maximum atomic E-state index is 13.0. The molecule has 1 unspecified atom stereocenters. The highest BCUT2D eigenvalue weighted by atomic mass is 35.5. The standard InChI is InChI=1S/C19H15Cl2F3N2OS/c1-2-18(10-11-4-3-5-12(8-11)19(22,23)24)16(27)26-17(28-18)25-13-6-7-14(20)15(21)9-13/h3-9H,2,10H2,1H3,(H,25,26,27). The predicted molar refractivity (Wildman–Crippen MR) is 107 cm³/mol. The lowest BCUT2D eigenvalue weighted by molar-refractivity contribution is -0.137. The summed E-state index contributed by atoms with van der Waals surface area (Å²) in [4.78, 5) is 17.0. The van der Waals surface area contributed by atoms with Gasteiger partial charge in [0.25, 0.3) is 0 Å². The Morgan fingerprint density at radius 2 is 1.89 bits per heavy atom. The van der Waals surface area contributed by atoms with Gasteiger partial charge in [-0.2, -0.15) is 13.2 Å². The van der Waals surface area contributed by atoms with E-state index in [4.69, 9.17) is 23.2 Å². The van der Waals surface area contributed by atoms with Gasteiger partial charge in [0.15, 0.2) is 5.17 Å². The van der Waals surface area contributed by atoms with Crippen molar-refractivity contribution in [3.05, 3.63) is 63.6 Å². The summed E-state index contributed by atoms with van der Waals surface area (Å²) >= 11 is 13.1. The topological polar surface area (TPSA) is 41.5 Å². The molecular weight excluding hydrogens is 432 g/mol. The van der Waals surface area contributed by atoms with Crippen LogP contribution in [0.15, 0.2) is 47.5 Å². The quantitative estimate of drug-likeness (QED) is 0.602. The Bertz CT molecular complexity index is 949. The lowest BCUT2D eigenvalue weighted by atomic mass is 9.94. The van der Waals surface area contributed by atoms with Crippen LogP contribution in [0.1, 0.15) is 24.5 Å². The zero-order chi connectivity index (χ0) is 20.5. The van der Waals surface area contributed by atoms with E-state index in [9.17, 15) is 18.0 Å². The molecule has 1 amide bonds. The van der Waals surface area contributed by atoms with Crippen LogP contribution in [0.2, 0.25) is 10.0 Å². The van der Waals surface area contributed by atoms with Gasteiger partial charge in [-0.05, 0) is 42.7 Å². The van der Waals surface area contributed by atoms with Crippen LogP contribution in [-0.2, 0) is 17.4 Å². The van der Waals surface area contributed by atoms with E-state index in [-0.39, 0.29) is 12.3 Å². The summed E-state index contributed by atoms with van der Waals surface area (Å²) in [6.07, 6.45) is -3.84. The second-order valence-corrected chi connectivity index (χ2v) is 8.48. The first-order valence-corrected chi connectivity index (χ1v) is 9.90. The van der Waals surface area contributed by atoms with E-state index >= 15 is 0 Å². The smallest absolute Gasteiger partial charge is 0.304 e. The molecule has 9 heteroatoms. The molecule has 2 aromatic rings. The number of aliphatic imine (C=N–C) groups is 1. The summed E-state index contributed by atoms with van der Waals surface area (Å²) in [6.45, 7) is 1.82. The zero-order valence-corrected chi connectivity index (χ0v) is 16.9. The molecule has 28 heavy (non-hydrogen) atoms. The van der Waals surface area contributed by atoms with Crippen molar-refractivity contribution in [3.63, 3.8) is 0 Å². The van der Waals surface area contributed by atoms with Gasteiger partial charge in [0.1, 0.15) is 4.75 Å². The van der Waals surface area contributed by atoms with Crippen LogP contribution in [0.5, 0.6) is 0 Å². The first-order valence-electron chi connectivity index (χ1n) is 8.33. The Morgan fingerprint density at radius 3 is 2.54 bits per heavy atom. The number of alkyl halides is 3. The molecule has 0 bridgehead atoms. The number of hydrogen-bond donors (Lipinski definition) is 1. The van der Waals surface area contributed by atoms with Gasteiger partial charge in [-0.1, -0.05) is 60.1 Å². The van der Waals surface area contributed by atoms with Gasteiger partial charge >= 0.3 is 6.18 Å². The second kappa shape index (κ2) is 7.97. The van der Waals surface area contributed by atoms with Crippen LogP contribution in [0.3, 0.4) is 0 Å². The first-order chi connectivity index (χ1) is 13.1. The lowest BCUT2D eigenvalue weighted by Crippen LogP contribution is -2.38. The van der Waals surface area contributed by atoms with E-state index in [1.165, 1.54) is 17.8 Å². The fourth-order valence-electron chi connectivity index (χ4n) is 2.85. The van der Waals surface area contributed by atoms with Crippen LogP contribution in [0.4, 0.5) is 18.9 Å². The summed E-state index contributed by atoms with van der Waals surface area (Å²) in [5.74, 6) is -0.281. The van der Waals surface area contributed by atoms with E-state index < -0.39 is 16.5 Å². The molecule has 0 saturated carbocycles. The fourth-order valence-corrected chi connectivity index (χ4v) is 4.34. The normalized spacial score (nSPS) is 21.2. The summed E-state index contributed by atoms with van der Waals surface area (Å²) in [5.41, 5.74) is 0.225. The average Bonchev–Trinajstić information content (AvgIpc) is 2.93. The van der Waals surface area contributed by atoms with Gasteiger partial charge in [-0.15, -0.1) is 0 Å². The first kappa shape index (κ1) is 21.0. The summed E-state index contributed by atoms with van der Waals surface area (Å²) in [5, 5.41) is 3.82. The van der Waals surface area contributed by atoms with Crippen molar-refractivity contribution in [1.82, 2.24) is 5.32 Å². The molecule has 1 N–H and O–H groups in total. The monoisotopic (exact) mass is 446 g/mol. The molecule has 1 atom stereocenters. The Hall–Kier alpha value is -1.70. The number of amides is 1. The Balaban J connectivity index is 1.86. The molecule has 1 saturated heterocycles. The predicted octanol–water partition coefficient (Wildman–Crippen LogP) is 6.25. The van der Waals surface area contributed by atoms with Crippen LogP contribution < -0.4 is 5.32 Å². The number of nitrogens with zero attached hydrogens (tertiary/aromatic N) is 1. The fraction of sp³-hybridized carbons (Fsp3) is 0.263. The molecule has 0 spiro atoms. The number of nitrogens with one attached hydrogen (secondary N) is 1. The maximum absolute atomic E-state index is 13.0. The number of hydrogen-bond acceptors (Lipinski definition) is 3. The molecule has 2 aromatic carbocycles. The SMILES string of the molecule is CCC1(Cc2cccc(C(F)(F)F)c2)SC(=Nc2ccc(Cl)c(Cl)c2)NC1=O. The van der Waals surface area contributed by atoms with Crippen LogP contribution in [0.25, 0.3) is 0 Å². The number of carbonyl (C=O) groups excluding carboxylic acids is 1. The van der Waals surface area contributed by atoms with Crippen LogP contribution in [-0.4, -0.2) is 15.8 Å². The molecule has 148 valence electrons. The number of carbonyl (C=O) groups is 1. The molecule has 0 aliphatic carbocycles. The number of amidine groups is 1. The van der Waals surface area contributed by atoms with Crippen molar-refractivity contribution in [2.45, 2.75) is 30.7 Å². The summed E-state index contributed by atoms with van der Waals surface area (Å²) in [6, 6.07) is 9.87.